The Balaban J connectivity index is 2.10. The van der Waals surface area contributed by atoms with Gasteiger partial charge in [0.15, 0.2) is 0 Å². The highest BCUT2D eigenvalue weighted by molar-refractivity contribution is 5.81. The zero-order valence-corrected chi connectivity index (χ0v) is 9.73. The fourth-order valence-electron chi connectivity index (χ4n) is 2.95. The average Bonchev–Trinajstić information content (AvgIpc) is 2.36. The molecule has 3 rings (SSSR count). The van der Waals surface area contributed by atoms with Crippen LogP contribution in [0.2, 0.25) is 0 Å². The van der Waals surface area contributed by atoms with Crippen LogP contribution >= 0.6 is 0 Å². The van der Waals surface area contributed by atoms with Crippen molar-refractivity contribution < 1.29 is 19.0 Å². The lowest BCUT2D eigenvalue weighted by atomic mass is 9.76. The van der Waals surface area contributed by atoms with Gasteiger partial charge in [0.2, 0.25) is 0 Å². The van der Waals surface area contributed by atoms with Gasteiger partial charge in [0, 0.05) is 18.6 Å². The Bertz CT molecular complexity index is 491. The molecule has 0 saturated carbocycles. The molecule has 0 radical (unpaired) electrons. The second-order valence-electron chi connectivity index (χ2n) is 4.80. The van der Waals surface area contributed by atoms with E-state index in [0.29, 0.717) is 30.9 Å². The van der Waals surface area contributed by atoms with Gasteiger partial charge in [-0.05, 0) is 18.1 Å². The molecule has 2 heterocycles. The average molecular weight is 251 g/mol. The molecule has 3 atom stereocenters. The third-order valence-electron chi connectivity index (χ3n) is 3.81. The summed E-state index contributed by atoms with van der Waals surface area (Å²) in [5.41, 5.74) is 0.863. The second kappa shape index (κ2) is 4.24. The number of rotatable bonds is 1. The first-order valence-electron chi connectivity index (χ1n) is 6.04. The van der Waals surface area contributed by atoms with Crippen LogP contribution in [0, 0.1) is 11.7 Å². The number of halogens is 1. The maximum atomic E-state index is 13.8. The molecule has 0 amide bonds. The number of para-hydroxylation sites is 1. The SMILES string of the molecule is O=C(O)C1c2cccc(F)c2NC2CCOCC21. The largest absolute Gasteiger partial charge is 0.481 e. The highest BCUT2D eigenvalue weighted by Gasteiger charge is 2.43. The van der Waals surface area contributed by atoms with Gasteiger partial charge in [-0.25, -0.2) is 4.39 Å². The Kier molecular flexibility index (Phi) is 2.70. The predicted octanol–water partition coefficient (Wildman–Crippen LogP) is 1.82. The van der Waals surface area contributed by atoms with Crippen molar-refractivity contribution in [1.29, 1.82) is 0 Å². The van der Waals surface area contributed by atoms with E-state index >= 15 is 0 Å². The Morgan fingerprint density at radius 1 is 1.50 bits per heavy atom. The van der Waals surface area contributed by atoms with E-state index in [1.165, 1.54) is 6.07 Å². The highest BCUT2D eigenvalue weighted by Crippen LogP contribution is 2.42. The molecule has 3 unspecified atom stereocenters. The van der Waals surface area contributed by atoms with E-state index < -0.39 is 11.9 Å². The minimum Gasteiger partial charge on any atom is -0.481 e. The molecular formula is C13H14FNO3. The zero-order valence-electron chi connectivity index (χ0n) is 9.73. The van der Waals surface area contributed by atoms with Crippen molar-refractivity contribution in [1.82, 2.24) is 0 Å². The van der Waals surface area contributed by atoms with Crippen LogP contribution < -0.4 is 5.32 Å². The molecule has 0 spiro atoms. The number of hydrogen-bond acceptors (Lipinski definition) is 3. The van der Waals surface area contributed by atoms with E-state index in [-0.39, 0.29) is 17.8 Å². The van der Waals surface area contributed by atoms with Gasteiger partial charge in [-0.3, -0.25) is 4.79 Å². The standard InChI is InChI=1S/C13H14FNO3/c14-9-3-1-2-7-11(13(16)17)8-6-18-5-4-10(8)15-12(7)9/h1-3,8,10-11,15H,4-6H2,(H,16,17). The number of benzene rings is 1. The van der Waals surface area contributed by atoms with Crippen molar-refractivity contribution in [2.45, 2.75) is 18.4 Å². The van der Waals surface area contributed by atoms with E-state index in [1.807, 2.05) is 0 Å². The molecule has 1 aromatic rings. The van der Waals surface area contributed by atoms with Crippen LogP contribution in [-0.2, 0) is 9.53 Å². The van der Waals surface area contributed by atoms with Crippen molar-refractivity contribution in [2.75, 3.05) is 18.5 Å². The number of ether oxygens (including phenoxy) is 1. The summed E-state index contributed by atoms with van der Waals surface area (Å²) in [7, 11) is 0. The molecule has 1 saturated heterocycles. The monoisotopic (exact) mass is 251 g/mol. The number of hydrogen-bond donors (Lipinski definition) is 2. The van der Waals surface area contributed by atoms with Crippen LogP contribution in [0.4, 0.5) is 10.1 Å². The van der Waals surface area contributed by atoms with Crippen molar-refractivity contribution >= 4 is 11.7 Å². The van der Waals surface area contributed by atoms with Crippen molar-refractivity contribution in [2.24, 2.45) is 5.92 Å². The maximum absolute atomic E-state index is 13.8. The Morgan fingerprint density at radius 2 is 2.33 bits per heavy atom. The minimum atomic E-state index is -0.913. The molecule has 1 aromatic carbocycles. The Morgan fingerprint density at radius 3 is 3.11 bits per heavy atom. The first-order valence-corrected chi connectivity index (χ1v) is 6.04. The van der Waals surface area contributed by atoms with Crippen LogP contribution in [0.15, 0.2) is 18.2 Å². The van der Waals surface area contributed by atoms with Gasteiger partial charge < -0.3 is 15.2 Å². The van der Waals surface area contributed by atoms with Crippen molar-refractivity contribution in [3.8, 4) is 0 Å². The van der Waals surface area contributed by atoms with Gasteiger partial charge >= 0.3 is 5.97 Å². The summed E-state index contributed by atoms with van der Waals surface area (Å²) in [6, 6.07) is 4.55. The summed E-state index contributed by atoms with van der Waals surface area (Å²) >= 11 is 0. The zero-order chi connectivity index (χ0) is 12.7. The molecule has 0 aliphatic carbocycles. The smallest absolute Gasteiger partial charge is 0.311 e. The highest BCUT2D eigenvalue weighted by atomic mass is 19.1. The molecule has 5 heteroatoms. The molecular weight excluding hydrogens is 237 g/mol. The number of carbonyl (C=O) groups is 1. The van der Waals surface area contributed by atoms with Gasteiger partial charge in [0.1, 0.15) is 5.82 Å². The molecule has 4 nitrogen and oxygen atoms in total. The summed E-state index contributed by atoms with van der Waals surface area (Å²) in [6.07, 6.45) is 0.711. The van der Waals surface area contributed by atoms with Gasteiger partial charge in [0.25, 0.3) is 0 Å². The van der Waals surface area contributed by atoms with E-state index in [4.69, 9.17) is 4.74 Å². The minimum absolute atomic E-state index is 0.0238. The van der Waals surface area contributed by atoms with E-state index in [9.17, 15) is 14.3 Å². The summed E-state index contributed by atoms with van der Waals surface area (Å²) in [4.78, 5) is 11.5. The van der Waals surface area contributed by atoms with Crippen LogP contribution in [0.1, 0.15) is 17.9 Å². The Labute approximate surface area is 104 Å². The summed E-state index contributed by atoms with van der Waals surface area (Å²) < 4.78 is 19.1. The molecule has 0 bridgehead atoms. The quantitative estimate of drug-likeness (QED) is 0.799. The fraction of sp³-hybridized carbons (Fsp3) is 0.462. The molecule has 96 valence electrons. The summed E-state index contributed by atoms with van der Waals surface area (Å²) in [5.74, 6) is -2.12. The molecule has 18 heavy (non-hydrogen) atoms. The summed E-state index contributed by atoms with van der Waals surface area (Å²) in [6.45, 7) is 0.995. The van der Waals surface area contributed by atoms with Gasteiger partial charge in [0.05, 0.1) is 18.2 Å². The van der Waals surface area contributed by atoms with E-state index in [1.54, 1.807) is 12.1 Å². The van der Waals surface area contributed by atoms with Crippen molar-refractivity contribution in [3.63, 3.8) is 0 Å². The van der Waals surface area contributed by atoms with Crippen molar-refractivity contribution in [3.05, 3.63) is 29.6 Å². The van der Waals surface area contributed by atoms with Gasteiger partial charge in [-0.15, -0.1) is 0 Å². The first kappa shape index (κ1) is 11.5. The topological polar surface area (TPSA) is 58.6 Å². The normalized spacial score (nSPS) is 29.9. The van der Waals surface area contributed by atoms with Crippen LogP contribution in [0.3, 0.4) is 0 Å². The number of carboxylic acid groups (broad SMARTS) is 1. The van der Waals surface area contributed by atoms with E-state index in [0.717, 1.165) is 0 Å². The maximum Gasteiger partial charge on any atom is 0.311 e. The lowest BCUT2D eigenvalue weighted by Crippen LogP contribution is -2.46. The number of carboxylic acids is 1. The first-order chi connectivity index (χ1) is 8.68. The fourth-order valence-corrected chi connectivity index (χ4v) is 2.95. The summed E-state index contributed by atoms with van der Waals surface area (Å²) in [5, 5.41) is 12.5. The molecule has 2 N–H and O–H groups in total. The van der Waals surface area contributed by atoms with Gasteiger partial charge in [-0.1, -0.05) is 12.1 Å². The molecule has 2 aliphatic rings. The molecule has 1 fully saturated rings. The van der Waals surface area contributed by atoms with Crippen LogP contribution in [0.25, 0.3) is 0 Å². The molecule has 2 aliphatic heterocycles. The Hall–Kier alpha value is -1.62. The lowest BCUT2D eigenvalue weighted by molar-refractivity contribution is -0.142. The molecule has 0 aromatic heterocycles. The third kappa shape index (κ3) is 1.66. The van der Waals surface area contributed by atoms with E-state index in [2.05, 4.69) is 5.32 Å². The van der Waals surface area contributed by atoms with Crippen LogP contribution in [0.5, 0.6) is 0 Å². The van der Waals surface area contributed by atoms with Gasteiger partial charge in [-0.2, -0.15) is 0 Å². The predicted molar refractivity (Wildman–Crippen MR) is 63.1 cm³/mol. The number of aliphatic carboxylic acids is 1. The lowest BCUT2D eigenvalue weighted by Gasteiger charge is -2.41. The van der Waals surface area contributed by atoms with Crippen LogP contribution in [-0.4, -0.2) is 30.3 Å². The number of anilines is 1. The third-order valence-corrected chi connectivity index (χ3v) is 3.81. The number of fused-ring (bicyclic) bond motifs is 2. The second-order valence-corrected chi connectivity index (χ2v) is 4.80. The number of nitrogens with one attached hydrogen (secondary N) is 1.